The van der Waals surface area contributed by atoms with Gasteiger partial charge in [0.15, 0.2) is 5.79 Å². The Hall–Kier alpha value is -3.10. The molecule has 0 spiro atoms. The minimum Gasteiger partial charge on any atom is -0.385 e. The third kappa shape index (κ3) is 5.95. The highest BCUT2D eigenvalue weighted by Crippen LogP contribution is 2.35. The van der Waals surface area contributed by atoms with Gasteiger partial charge in [0.1, 0.15) is 18.3 Å². The van der Waals surface area contributed by atoms with E-state index in [0.29, 0.717) is 5.56 Å². The predicted molar refractivity (Wildman–Crippen MR) is 150 cm³/mol. The number of benzene rings is 3. The van der Waals surface area contributed by atoms with Crippen LogP contribution in [0.3, 0.4) is 0 Å². The van der Waals surface area contributed by atoms with Gasteiger partial charge in [-0.15, -0.1) is 0 Å². The van der Waals surface area contributed by atoms with E-state index in [1.807, 2.05) is 35.9 Å². The van der Waals surface area contributed by atoms with Crippen LogP contribution in [0.4, 0.5) is 0 Å². The fourth-order valence-electron chi connectivity index (χ4n) is 4.89. The Morgan fingerprint density at radius 3 is 2.00 bits per heavy atom. The molecule has 1 aliphatic heterocycles. The maximum absolute atomic E-state index is 13.3. The third-order valence-corrected chi connectivity index (χ3v) is 9.84. The summed E-state index contributed by atoms with van der Waals surface area (Å²) in [5.74, 6) is -2.33. The number of para-hydroxylation sites is 1. The van der Waals surface area contributed by atoms with Crippen molar-refractivity contribution in [3.05, 3.63) is 95.7 Å². The van der Waals surface area contributed by atoms with Crippen molar-refractivity contribution in [2.75, 3.05) is 6.61 Å². The van der Waals surface area contributed by atoms with Gasteiger partial charge in [0.2, 0.25) is 0 Å². The quantitative estimate of drug-likeness (QED) is 0.292. The molecule has 41 heavy (non-hydrogen) atoms. The van der Waals surface area contributed by atoms with Crippen LogP contribution in [0.5, 0.6) is 0 Å². The van der Waals surface area contributed by atoms with Crippen molar-refractivity contribution in [2.24, 2.45) is 7.05 Å². The largest absolute Gasteiger partial charge is 0.385 e. The second-order valence-corrected chi connectivity index (χ2v) is 13.4. The van der Waals surface area contributed by atoms with Crippen LogP contribution in [0.15, 0.2) is 88.8 Å². The van der Waals surface area contributed by atoms with Gasteiger partial charge >= 0.3 is 0 Å². The van der Waals surface area contributed by atoms with E-state index in [1.165, 1.54) is 24.3 Å². The van der Waals surface area contributed by atoms with Gasteiger partial charge in [-0.1, -0.05) is 53.6 Å². The van der Waals surface area contributed by atoms with Gasteiger partial charge in [0.05, 0.1) is 16.4 Å². The standard InChI is InChI=1S/C29H31NO9S2/c1-19-8-12-22(13-9-19)40(33,34)38-26-18-37-29(32,16-21-17-30(3)25-7-5-4-6-24(21)25)28(31)27(26)39-41(35,36)23-14-10-20(2)11-15-23/h4-15,17,26-28,31-32H,16,18H2,1-3H3/t26-,27+,28+,29+/m0/s1. The summed E-state index contributed by atoms with van der Waals surface area (Å²) in [6.07, 6.45) is -3.94. The monoisotopic (exact) mass is 601 g/mol. The first-order valence-corrected chi connectivity index (χ1v) is 15.7. The lowest BCUT2D eigenvalue weighted by atomic mass is 9.91. The van der Waals surface area contributed by atoms with E-state index in [4.69, 9.17) is 13.1 Å². The Morgan fingerprint density at radius 1 is 0.878 bits per heavy atom. The number of aryl methyl sites for hydroxylation is 3. The van der Waals surface area contributed by atoms with Gasteiger partial charge in [-0.25, -0.2) is 0 Å². The zero-order valence-electron chi connectivity index (χ0n) is 22.7. The van der Waals surface area contributed by atoms with E-state index in [2.05, 4.69) is 0 Å². The van der Waals surface area contributed by atoms with Crippen LogP contribution < -0.4 is 0 Å². The Bertz CT molecular complexity index is 1770. The maximum Gasteiger partial charge on any atom is 0.297 e. The van der Waals surface area contributed by atoms with Crippen molar-refractivity contribution in [3.63, 3.8) is 0 Å². The summed E-state index contributed by atoms with van der Waals surface area (Å²) in [7, 11) is -7.13. The molecule has 10 nitrogen and oxygen atoms in total. The van der Waals surface area contributed by atoms with Crippen LogP contribution in [0.1, 0.15) is 16.7 Å². The van der Waals surface area contributed by atoms with Gasteiger partial charge in [-0.05, 0) is 49.7 Å². The molecule has 1 fully saturated rings. The predicted octanol–water partition coefficient (Wildman–Crippen LogP) is 2.97. The van der Waals surface area contributed by atoms with Crippen LogP contribution >= 0.6 is 0 Å². The number of aliphatic hydroxyl groups excluding tert-OH is 1. The highest BCUT2D eigenvalue weighted by Gasteiger charge is 2.53. The fourth-order valence-corrected chi connectivity index (χ4v) is 7.06. The topological polar surface area (TPSA) is 141 Å². The molecule has 1 saturated heterocycles. The molecule has 12 heteroatoms. The number of hydrogen-bond donors (Lipinski definition) is 2. The molecule has 5 rings (SSSR count). The molecular formula is C29H31NO9S2. The number of rotatable bonds is 8. The lowest BCUT2D eigenvalue weighted by Gasteiger charge is -2.44. The summed E-state index contributed by atoms with van der Waals surface area (Å²) in [5.41, 5.74) is 3.13. The lowest BCUT2D eigenvalue weighted by molar-refractivity contribution is -0.312. The summed E-state index contributed by atoms with van der Waals surface area (Å²) < 4.78 is 71.1. The van der Waals surface area contributed by atoms with Crippen molar-refractivity contribution in [2.45, 2.75) is 54.2 Å². The summed E-state index contributed by atoms with van der Waals surface area (Å²) in [5, 5.41) is 23.7. The molecule has 1 aliphatic rings. The molecule has 2 heterocycles. The second-order valence-electron chi connectivity index (χ2n) is 10.3. The number of hydrogen-bond acceptors (Lipinski definition) is 9. The molecule has 0 radical (unpaired) electrons. The average Bonchev–Trinajstić information content (AvgIpc) is 3.24. The van der Waals surface area contributed by atoms with E-state index in [9.17, 15) is 27.0 Å². The zero-order chi connectivity index (χ0) is 29.6. The number of nitrogens with zero attached hydrogens (tertiary/aromatic N) is 1. The van der Waals surface area contributed by atoms with E-state index < -0.39 is 50.9 Å². The van der Waals surface area contributed by atoms with Crippen LogP contribution in [0.25, 0.3) is 10.9 Å². The van der Waals surface area contributed by atoms with Gasteiger partial charge in [0, 0.05) is 30.6 Å². The van der Waals surface area contributed by atoms with Crippen molar-refractivity contribution >= 4 is 31.1 Å². The molecular weight excluding hydrogens is 570 g/mol. The van der Waals surface area contributed by atoms with E-state index in [0.717, 1.165) is 22.0 Å². The minimum atomic E-state index is -4.53. The molecule has 0 unspecified atom stereocenters. The first-order valence-electron chi connectivity index (χ1n) is 12.9. The van der Waals surface area contributed by atoms with Crippen molar-refractivity contribution in [1.82, 2.24) is 4.57 Å². The molecule has 4 aromatic rings. The number of aliphatic hydroxyl groups is 2. The summed E-state index contributed by atoms with van der Waals surface area (Å²) in [6.45, 7) is 2.99. The Balaban J connectivity index is 1.49. The Kier molecular flexibility index (Phi) is 7.85. The summed E-state index contributed by atoms with van der Waals surface area (Å²) in [4.78, 5) is -0.381. The van der Waals surface area contributed by atoms with Crippen molar-refractivity contribution in [3.8, 4) is 0 Å². The minimum absolute atomic E-state index is 0.172. The second kappa shape index (κ2) is 11.0. The molecule has 0 saturated carbocycles. The Labute approximate surface area is 239 Å². The van der Waals surface area contributed by atoms with E-state index in [-0.39, 0.29) is 16.2 Å². The van der Waals surface area contributed by atoms with Crippen molar-refractivity contribution < 1.29 is 40.2 Å². The zero-order valence-corrected chi connectivity index (χ0v) is 24.3. The van der Waals surface area contributed by atoms with E-state index in [1.54, 1.807) is 44.3 Å². The van der Waals surface area contributed by atoms with Gasteiger partial charge in [-0.3, -0.25) is 8.37 Å². The van der Waals surface area contributed by atoms with Gasteiger partial charge in [0.25, 0.3) is 20.2 Å². The molecule has 4 atom stereocenters. The summed E-state index contributed by atoms with van der Waals surface area (Å²) in [6, 6.07) is 19.1. The third-order valence-electron chi connectivity index (χ3n) is 7.17. The SMILES string of the molecule is Cc1ccc(S(=O)(=O)O[C@@H]2[C@@H](OS(=O)(=O)c3ccc(C)cc3)CO[C@](O)(Cc3cn(C)c4ccccc34)[C@@H]2O)cc1. The molecule has 3 aromatic carbocycles. The molecule has 2 N–H and O–H groups in total. The molecule has 0 bridgehead atoms. The fraction of sp³-hybridized carbons (Fsp3) is 0.310. The number of aromatic nitrogens is 1. The van der Waals surface area contributed by atoms with Crippen LogP contribution in [-0.4, -0.2) is 62.3 Å². The smallest absolute Gasteiger partial charge is 0.297 e. The highest BCUT2D eigenvalue weighted by atomic mass is 32.2. The van der Waals surface area contributed by atoms with Crippen LogP contribution in [0, 0.1) is 13.8 Å². The lowest BCUT2D eigenvalue weighted by Crippen LogP contribution is -2.63. The molecule has 0 aliphatic carbocycles. The first-order chi connectivity index (χ1) is 19.3. The summed E-state index contributed by atoms with van der Waals surface area (Å²) >= 11 is 0. The molecule has 218 valence electrons. The van der Waals surface area contributed by atoms with Gasteiger partial charge in [-0.2, -0.15) is 16.8 Å². The molecule has 1 aromatic heterocycles. The number of ether oxygens (including phenoxy) is 1. The number of fused-ring (bicyclic) bond motifs is 1. The van der Waals surface area contributed by atoms with Crippen LogP contribution in [-0.2, 0) is 46.8 Å². The van der Waals surface area contributed by atoms with Gasteiger partial charge < -0.3 is 19.5 Å². The first kappa shape index (κ1) is 29.4. The highest BCUT2D eigenvalue weighted by molar-refractivity contribution is 7.87. The maximum atomic E-state index is 13.3. The van der Waals surface area contributed by atoms with Crippen molar-refractivity contribution in [1.29, 1.82) is 0 Å². The Morgan fingerprint density at radius 2 is 1.41 bits per heavy atom. The average molecular weight is 602 g/mol. The molecule has 0 amide bonds. The van der Waals surface area contributed by atoms with Crippen LogP contribution in [0.2, 0.25) is 0 Å². The normalized spacial score (nSPS) is 23.6. The van der Waals surface area contributed by atoms with E-state index >= 15 is 0 Å².